The molecule has 1 saturated carbocycles. The summed E-state index contributed by atoms with van der Waals surface area (Å²) < 4.78 is 0. The number of hydrogen-bond donors (Lipinski definition) is 3. The molecule has 0 aromatic rings. The Labute approximate surface area is 79.0 Å². The quantitative estimate of drug-likeness (QED) is 0.498. The summed E-state index contributed by atoms with van der Waals surface area (Å²) in [5.41, 5.74) is 10.7. The van der Waals surface area contributed by atoms with Gasteiger partial charge in [0.25, 0.3) is 0 Å². The van der Waals surface area contributed by atoms with E-state index in [4.69, 9.17) is 11.5 Å². The zero-order valence-corrected chi connectivity index (χ0v) is 7.96. The first-order valence-corrected chi connectivity index (χ1v) is 4.95. The molecule has 76 valence electrons. The lowest BCUT2D eigenvalue weighted by Crippen LogP contribution is -2.48. The molecule has 1 aliphatic rings. The zero-order valence-electron chi connectivity index (χ0n) is 7.96. The maximum Gasteiger partial charge on any atom is 0.217 e. The fourth-order valence-electron chi connectivity index (χ4n) is 1.56. The molecular formula is C9H19N3O. The third-order valence-corrected chi connectivity index (χ3v) is 2.46. The van der Waals surface area contributed by atoms with Crippen LogP contribution in [0.25, 0.3) is 0 Å². The van der Waals surface area contributed by atoms with E-state index in [1.807, 2.05) is 0 Å². The van der Waals surface area contributed by atoms with E-state index in [1.165, 1.54) is 0 Å². The molecule has 0 atom stereocenters. The summed E-state index contributed by atoms with van der Waals surface area (Å²) >= 11 is 0. The van der Waals surface area contributed by atoms with Crippen molar-refractivity contribution in [1.82, 2.24) is 5.32 Å². The van der Waals surface area contributed by atoms with Gasteiger partial charge in [-0.3, -0.25) is 4.79 Å². The standard InChI is InChI=1S/C9H19N3O/c10-7-5-8(6-7)12-4-2-1-3-9(11)13/h7-8,12H,1-6,10H2,(H2,11,13). The van der Waals surface area contributed by atoms with Crippen molar-refractivity contribution in [2.45, 2.75) is 44.2 Å². The second kappa shape index (κ2) is 5.19. The van der Waals surface area contributed by atoms with Crippen LogP contribution < -0.4 is 16.8 Å². The molecule has 0 aromatic carbocycles. The number of carbonyl (C=O) groups excluding carboxylic acids is 1. The molecule has 0 saturated heterocycles. The Bertz CT molecular complexity index is 166. The Hall–Kier alpha value is -0.610. The monoisotopic (exact) mass is 185 g/mol. The molecule has 5 N–H and O–H groups in total. The van der Waals surface area contributed by atoms with E-state index in [9.17, 15) is 4.79 Å². The van der Waals surface area contributed by atoms with Crippen molar-refractivity contribution in [2.75, 3.05) is 6.54 Å². The van der Waals surface area contributed by atoms with Crippen LogP contribution in [0.4, 0.5) is 0 Å². The second-order valence-corrected chi connectivity index (χ2v) is 3.81. The van der Waals surface area contributed by atoms with Gasteiger partial charge >= 0.3 is 0 Å². The predicted octanol–water partition coefficient (Wildman–Crippen LogP) is -0.279. The minimum atomic E-state index is -0.203. The van der Waals surface area contributed by atoms with Crippen LogP contribution in [0.15, 0.2) is 0 Å². The SMILES string of the molecule is NC(=O)CCCCNC1CC(N)C1. The maximum atomic E-state index is 10.4. The minimum Gasteiger partial charge on any atom is -0.370 e. The normalized spacial score (nSPS) is 26.8. The van der Waals surface area contributed by atoms with Crippen LogP contribution in [-0.2, 0) is 4.79 Å². The summed E-state index contributed by atoms with van der Waals surface area (Å²) in [4.78, 5) is 10.4. The van der Waals surface area contributed by atoms with Crippen molar-refractivity contribution < 1.29 is 4.79 Å². The van der Waals surface area contributed by atoms with Crippen molar-refractivity contribution in [3.05, 3.63) is 0 Å². The molecule has 0 bridgehead atoms. The third kappa shape index (κ3) is 4.24. The van der Waals surface area contributed by atoms with E-state index >= 15 is 0 Å². The molecule has 4 nitrogen and oxygen atoms in total. The first-order valence-electron chi connectivity index (χ1n) is 4.95. The van der Waals surface area contributed by atoms with E-state index in [0.29, 0.717) is 18.5 Å². The van der Waals surface area contributed by atoms with Gasteiger partial charge in [-0.05, 0) is 32.2 Å². The average Bonchev–Trinajstić information content (AvgIpc) is 1.99. The van der Waals surface area contributed by atoms with Crippen LogP contribution in [-0.4, -0.2) is 24.5 Å². The van der Waals surface area contributed by atoms with Gasteiger partial charge < -0.3 is 16.8 Å². The summed E-state index contributed by atoms with van der Waals surface area (Å²) in [5.74, 6) is -0.203. The molecule has 1 fully saturated rings. The number of nitrogens with two attached hydrogens (primary N) is 2. The van der Waals surface area contributed by atoms with Crippen molar-refractivity contribution in [1.29, 1.82) is 0 Å². The van der Waals surface area contributed by atoms with Crippen molar-refractivity contribution >= 4 is 5.91 Å². The second-order valence-electron chi connectivity index (χ2n) is 3.81. The van der Waals surface area contributed by atoms with Gasteiger partial charge in [-0.2, -0.15) is 0 Å². The Balaban J connectivity index is 1.82. The Morgan fingerprint density at radius 1 is 1.38 bits per heavy atom. The van der Waals surface area contributed by atoms with Crippen LogP contribution in [0.2, 0.25) is 0 Å². The smallest absolute Gasteiger partial charge is 0.217 e. The summed E-state index contributed by atoms with van der Waals surface area (Å²) in [6.45, 7) is 0.977. The highest BCUT2D eigenvalue weighted by Crippen LogP contribution is 2.17. The van der Waals surface area contributed by atoms with Crippen LogP contribution in [0.5, 0.6) is 0 Å². The van der Waals surface area contributed by atoms with Crippen LogP contribution in [0.3, 0.4) is 0 Å². The predicted molar refractivity (Wildman–Crippen MR) is 52.0 cm³/mol. The van der Waals surface area contributed by atoms with E-state index in [2.05, 4.69) is 5.32 Å². The average molecular weight is 185 g/mol. The molecule has 4 heteroatoms. The Morgan fingerprint density at radius 3 is 2.62 bits per heavy atom. The highest BCUT2D eigenvalue weighted by molar-refractivity contribution is 5.73. The van der Waals surface area contributed by atoms with Gasteiger partial charge in [-0.15, -0.1) is 0 Å². The van der Waals surface area contributed by atoms with Crippen LogP contribution >= 0.6 is 0 Å². The Kier molecular flexibility index (Phi) is 4.18. The highest BCUT2D eigenvalue weighted by atomic mass is 16.1. The van der Waals surface area contributed by atoms with E-state index in [0.717, 1.165) is 32.2 Å². The molecule has 0 unspecified atom stereocenters. The molecular weight excluding hydrogens is 166 g/mol. The van der Waals surface area contributed by atoms with Gasteiger partial charge in [0.2, 0.25) is 5.91 Å². The summed E-state index contributed by atoms with van der Waals surface area (Å²) in [6.07, 6.45) is 4.60. The van der Waals surface area contributed by atoms with Crippen LogP contribution in [0, 0.1) is 0 Å². The van der Waals surface area contributed by atoms with Gasteiger partial charge in [0.1, 0.15) is 0 Å². The van der Waals surface area contributed by atoms with Gasteiger partial charge in [-0.1, -0.05) is 0 Å². The number of nitrogens with one attached hydrogen (secondary N) is 1. The maximum absolute atomic E-state index is 10.4. The fourth-order valence-corrected chi connectivity index (χ4v) is 1.56. The van der Waals surface area contributed by atoms with E-state index in [-0.39, 0.29) is 5.91 Å². The molecule has 13 heavy (non-hydrogen) atoms. The summed E-state index contributed by atoms with van der Waals surface area (Å²) in [7, 11) is 0. The van der Waals surface area contributed by atoms with Crippen molar-refractivity contribution in [2.24, 2.45) is 11.5 Å². The molecule has 1 rings (SSSR count). The van der Waals surface area contributed by atoms with Crippen LogP contribution in [0.1, 0.15) is 32.1 Å². The highest BCUT2D eigenvalue weighted by Gasteiger charge is 2.24. The molecule has 0 spiro atoms. The number of rotatable bonds is 6. The Morgan fingerprint density at radius 2 is 2.08 bits per heavy atom. The molecule has 0 aliphatic heterocycles. The molecule has 1 aliphatic carbocycles. The molecule has 0 aromatic heterocycles. The number of unbranched alkanes of at least 4 members (excludes halogenated alkanes) is 1. The topological polar surface area (TPSA) is 81.1 Å². The number of carbonyl (C=O) groups is 1. The molecule has 0 heterocycles. The first kappa shape index (κ1) is 10.5. The summed E-state index contributed by atoms with van der Waals surface area (Å²) in [6, 6.07) is 1.02. The lowest BCUT2D eigenvalue weighted by Gasteiger charge is -2.33. The van der Waals surface area contributed by atoms with E-state index < -0.39 is 0 Å². The van der Waals surface area contributed by atoms with Gasteiger partial charge in [0, 0.05) is 18.5 Å². The largest absolute Gasteiger partial charge is 0.370 e. The number of hydrogen-bond acceptors (Lipinski definition) is 3. The summed E-state index contributed by atoms with van der Waals surface area (Å²) in [5, 5.41) is 3.39. The number of primary amides is 1. The zero-order chi connectivity index (χ0) is 9.68. The lowest BCUT2D eigenvalue weighted by atomic mass is 9.87. The van der Waals surface area contributed by atoms with E-state index in [1.54, 1.807) is 0 Å². The molecule has 0 radical (unpaired) electrons. The van der Waals surface area contributed by atoms with Gasteiger partial charge in [0.05, 0.1) is 0 Å². The van der Waals surface area contributed by atoms with Crippen molar-refractivity contribution in [3.8, 4) is 0 Å². The van der Waals surface area contributed by atoms with Gasteiger partial charge in [0.15, 0.2) is 0 Å². The lowest BCUT2D eigenvalue weighted by molar-refractivity contribution is -0.118. The minimum absolute atomic E-state index is 0.203. The third-order valence-electron chi connectivity index (χ3n) is 2.46. The number of amides is 1. The molecule has 1 amide bonds. The fraction of sp³-hybridized carbons (Fsp3) is 0.889. The first-order chi connectivity index (χ1) is 6.18. The van der Waals surface area contributed by atoms with Crippen molar-refractivity contribution in [3.63, 3.8) is 0 Å². The van der Waals surface area contributed by atoms with Gasteiger partial charge in [-0.25, -0.2) is 0 Å².